The van der Waals surface area contributed by atoms with Crippen LogP contribution in [-0.2, 0) is 4.74 Å². The van der Waals surface area contributed by atoms with Crippen molar-refractivity contribution in [2.75, 3.05) is 7.11 Å². The summed E-state index contributed by atoms with van der Waals surface area (Å²) in [5.74, 6) is 0.905. The van der Waals surface area contributed by atoms with Crippen LogP contribution in [0, 0.1) is 11.3 Å². The number of halogens is 1. The van der Waals surface area contributed by atoms with Crippen LogP contribution in [-0.4, -0.2) is 13.0 Å². The molecule has 56 valence electrons. The minimum atomic E-state index is 0. The second-order valence-corrected chi connectivity index (χ2v) is 2.23. The molecule has 1 N–H and O–H groups in total. The molecular weight excluding hydrogens is 138 g/mol. The molecule has 0 aliphatic carbocycles. The van der Waals surface area contributed by atoms with Gasteiger partial charge in [0.25, 0.3) is 0 Å². The molecule has 0 bridgehead atoms. The molecule has 0 aromatic rings. The molecule has 0 heterocycles. The molecule has 0 aromatic heterocycles. The van der Waals surface area contributed by atoms with Gasteiger partial charge in [-0.05, 0) is 5.92 Å². The number of ether oxygens (including phenoxy) is 1. The van der Waals surface area contributed by atoms with Gasteiger partial charge in [0.2, 0.25) is 0 Å². The van der Waals surface area contributed by atoms with Crippen LogP contribution in [0.25, 0.3) is 0 Å². The molecule has 0 saturated carbocycles. The standard InChI is InChI=1S/C6H13NO.ClH/c1-5(2)4-6(7)8-3;/h5,7H,4H2,1-3H3;1H. The Kier molecular flexibility index (Phi) is 7.55. The molecule has 2 nitrogen and oxygen atoms in total. The predicted molar refractivity (Wildman–Crippen MR) is 41.4 cm³/mol. The van der Waals surface area contributed by atoms with E-state index >= 15 is 0 Å². The molecular formula is C6H14ClNO. The molecule has 9 heavy (non-hydrogen) atoms. The average molecular weight is 152 g/mol. The molecule has 0 saturated heterocycles. The van der Waals surface area contributed by atoms with Gasteiger partial charge in [-0.2, -0.15) is 0 Å². The van der Waals surface area contributed by atoms with E-state index in [1.807, 2.05) is 0 Å². The molecule has 0 radical (unpaired) electrons. The van der Waals surface area contributed by atoms with E-state index in [1.54, 1.807) is 0 Å². The highest BCUT2D eigenvalue weighted by Crippen LogP contribution is 1.99. The highest BCUT2D eigenvalue weighted by atomic mass is 35.5. The van der Waals surface area contributed by atoms with Crippen LogP contribution >= 0.6 is 12.4 Å². The van der Waals surface area contributed by atoms with Crippen molar-refractivity contribution in [3.05, 3.63) is 0 Å². The van der Waals surface area contributed by atoms with Crippen molar-refractivity contribution in [2.24, 2.45) is 5.92 Å². The summed E-state index contributed by atoms with van der Waals surface area (Å²) in [5.41, 5.74) is 0. The Balaban J connectivity index is 0. The Morgan fingerprint density at radius 1 is 1.56 bits per heavy atom. The topological polar surface area (TPSA) is 33.1 Å². The van der Waals surface area contributed by atoms with Crippen LogP contribution in [0.4, 0.5) is 0 Å². The van der Waals surface area contributed by atoms with Crippen molar-refractivity contribution in [1.29, 1.82) is 5.41 Å². The first-order valence-electron chi connectivity index (χ1n) is 2.78. The molecule has 0 spiro atoms. The third kappa shape index (κ3) is 7.76. The largest absolute Gasteiger partial charge is 0.484 e. The van der Waals surface area contributed by atoms with Gasteiger partial charge < -0.3 is 4.74 Å². The third-order valence-corrected chi connectivity index (χ3v) is 0.840. The maximum Gasteiger partial charge on any atom is 0.180 e. The monoisotopic (exact) mass is 151 g/mol. The van der Waals surface area contributed by atoms with E-state index in [4.69, 9.17) is 5.41 Å². The van der Waals surface area contributed by atoms with Crippen LogP contribution in [0.3, 0.4) is 0 Å². The Morgan fingerprint density at radius 2 is 2.00 bits per heavy atom. The van der Waals surface area contributed by atoms with Gasteiger partial charge in [0.15, 0.2) is 5.90 Å². The van der Waals surface area contributed by atoms with Crippen LogP contribution in [0.1, 0.15) is 20.3 Å². The molecule has 3 heteroatoms. The summed E-state index contributed by atoms with van der Waals surface area (Å²) in [6.45, 7) is 4.13. The Hall–Kier alpha value is -0.240. The maximum atomic E-state index is 7.05. The molecule has 0 aliphatic rings. The molecule has 0 rings (SSSR count). The molecule has 0 amide bonds. The van der Waals surface area contributed by atoms with Crippen LogP contribution in [0.15, 0.2) is 0 Å². The van der Waals surface area contributed by atoms with Crippen molar-refractivity contribution >= 4 is 18.3 Å². The minimum absolute atomic E-state index is 0. The molecule has 0 unspecified atom stereocenters. The lowest BCUT2D eigenvalue weighted by Crippen LogP contribution is -2.02. The Bertz CT molecular complexity index is 83.1. The normalized spacial score (nSPS) is 8.44. The van der Waals surface area contributed by atoms with Crippen LogP contribution < -0.4 is 0 Å². The van der Waals surface area contributed by atoms with E-state index in [2.05, 4.69) is 18.6 Å². The van der Waals surface area contributed by atoms with Gasteiger partial charge in [0, 0.05) is 6.42 Å². The first-order valence-corrected chi connectivity index (χ1v) is 2.78. The van der Waals surface area contributed by atoms with Crippen LogP contribution in [0.5, 0.6) is 0 Å². The number of rotatable bonds is 2. The Morgan fingerprint density at radius 3 is 2.11 bits per heavy atom. The molecule has 0 aliphatic heterocycles. The molecule has 0 atom stereocenters. The van der Waals surface area contributed by atoms with E-state index in [0.717, 1.165) is 6.42 Å². The second kappa shape index (κ2) is 5.89. The van der Waals surface area contributed by atoms with E-state index in [1.165, 1.54) is 7.11 Å². The Labute approximate surface area is 62.5 Å². The zero-order valence-corrected chi connectivity index (χ0v) is 6.92. The van der Waals surface area contributed by atoms with Gasteiger partial charge in [0.05, 0.1) is 7.11 Å². The predicted octanol–water partition coefficient (Wildman–Crippen LogP) is 2.08. The zero-order valence-electron chi connectivity index (χ0n) is 6.10. The van der Waals surface area contributed by atoms with Crippen molar-refractivity contribution in [1.82, 2.24) is 0 Å². The van der Waals surface area contributed by atoms with Crippen molar-refractivity contribution < 1.29 is 4.74 Å². The fraction of sp³-hybridized carbons (Fsp3) is 0.833. The SMILES string of the molecule is COC(=N)CC(C)C.Cl. The van der Waals surface area contributed by atoms with E-state index < -0.39 is 0 Å². The van der Waals surface area contributed by atoms with Crippen molar-refractivity contribution in [3.63, 3.8) is 0 Å². The molecule has 0 aromatic carbocycles. The first kappa shape index (κ1) is 11.5. The third-order valence-electron chi connectivity index (χ3n) is 0.840. The summed E-state index contributed by atoms with van der Waals surface area (Å²) >= 11 is 0. The fourth-order valence-electron chi connectivity index (χ4n) is 0.454. The maximum absolute atomic E-state index is 7.05. The summed E-state index contributed by atoms with van der Waals surface area (Å²) in [6.07, 6.45) is 0.747. The van der Waals surface area contributed by atoms with Crippen molar-refractivity contribution in [2.45, 2.75) is 20.3 Å². The zero-order chi connectivity index (χ0) is 6.57. The number of methoxy groups -OCH3 is 1. The number of hydrogen-bond acceptors (Lipinski definition) is 2. The second-order valence-electron chi connectivity index (χ2n) is 2.23. The van der Waals surface area contributed by atoms with Gasteiger partial charge in [-0.25, -0.2) is 0 Å². The van der Waals surface area contributed by atoms with E-state index in [9.17, 15) is 0 Å². The van der Waals surface area contributed by atoms with Gasteiger partial charge in [-0.3, -0.25) is 5.41 Å². The average Bonchev–Trinajstić information content (AvgIpc) is 1.65. The van der Waals surface area contributed by atoms with Gasteiger partial charge in [-0.1, -0.05) is 13.8 Å². The number of nitrogens with one attached hydrogen (secondary N) is 1. The lowest BCUT2D eigenvalue weighted by atomic mass is 10.1. The van der Waals surface area contributed by atoms with E-state index in [-0.39, 0.29) is 12.4 Å². The lowest BCUT2D eigenvalue weighted by Gasteiger charge is -2.02. The van der Waals surface area contributed by atoms with Crippen molar-refractivity contribution in [3.8, 4) is 0 Å². The summed E-state index contributed by atoms with van der Waals surface area (Å²) in [7, 11) is 1.53. The van der Waals surface area contributed by atoms with Crippen LogP contribution in [0.2, 0.25) is 0 Å². The highest BCUT2D eigenvalue weighted by molar-refractivity contribution is 5.85. The van der Waals surface area contributed by atoms with E-state index in [0.29, 0.717) is 11.8 Å². The lowest BCUT2D eigenvalue weighted by molar-refractivity contribution is 0.376. The summed E-state index contributed by atoms with van der Waals surface area (Å²) in [5, 5.41) is 7.05. The molecule has 0 fully saturated rings. The highest BCUT2D eigenvalue weighted by Gasteiger charge is 1.97. The van der Waals surface area contributed by atoms with Gasteiger partial charge in [0.1, 0.15) is 0 Å². The first-order chi connectivity index (χ1) is 3.66. The minimum Gasteiger partial charge on any atom is -0.484 e. The summed E-state index contributed by atoms with van der Waals surface area (Å²) in [6, 6.07) is 0. The van der Waals surface area contributed by atoms with Gasteiger partial charge in [-0.15, -0.1) is 12.4 Å². The smallest absolute Gasteiger partial charge is 0.180 e. The van der Waals surface area contributed by atoms with Gasteiger partial charge >= 0.3 is 0 Å². The quantitative estimate of drug-likeness (QED) is 0.476. The summed E-state index contributed by atoms with van der Waals surface area (Å²) < 4.78 is 4.64. The summed E-state index contributed by atoms with van der Waals surface area (Å²) in [4.78, 5) is 0. The number of hydrogen-bond donors (Lipinski definition) is 1. The fourth-order valence-corrected chi connectivity index (χ4v) is 0.454.